The number of nitrogens with zero attached hydrogens (tertiary/aromatic N) is 1. The van der Waals surface area contributed by atoms with E-state index in [1.165, 1.54) is 37.6 Å². The van der Waals surface area contributed by atoms with Crippen LogP contribution in [0.2, 0.25) is 0 Å². The van der Waals surface area contributed by atoms with E-state index in [1.54, 1.807) is 24.3 Å². The number of hydrogen-bond donors (Lipinski definition) is 3. The molecule has 1 amide bonds. The van der Waals surface area contributed by atoms with Gasteiger partial charge in [0.1, 0.15) is 17.4 Å². The number of amides is 1. The highest BCUT2D eigenvalue weighted by molar-refractivity contribution is 6.06. The van der Waals surface area contributed by atoms with Crippen LogP contribution < -0.4 is 10.6 Å². The van der Waals surface area contributed by atoms with E-state index in [0.29, 0.717) is 17.8 Å². The molecule has 0 aliphatic carbocycles. The summed E-state index contributed by atoms with van der Waals surface area (Å²) >= 11 is 0. The molecule has 0 heterocycles. The molecule has 7 nitrogen and oxygen atoms in total. The molecule has 0 unspecified atom stereocenters. The lowest BCUT2D eigenvalue weighted by Crippen LogP contribution is -2.16. The van der Waals surface area contributed by atoms with Gasteiger partial charge in [-0.05, 0) is 42.0 Å². The van der Waals surface area contributed by atoms with Gasteiger partial charge in [0.2, 0.25) is 0 Å². The predicted molar refractivity (Wildman–Crippen MR) is 95.1 cm³/mol. The Morgan fingerprint density at radius 2 is 1.81 bits per heavy atom. The van der Waals surface area contributed by atoms with Crippen molar-refractivity contribution in [1.82, 2.24) is 5.32 Å². The number of carbonyl (C=O) groups excluding carboxylic acids is 2. The highest BCUT2D eigenvalue weighted by atomic mass is 16.5. The molecule has 26 heavy (non-hydrogen) atoms. The molecule has 0 saturated carbocycles. The van der Waals surface area contributed by atoms with Crippen LogP contribution >= 0.6 is 0 Å². The molecule has 0 saturated heterocycles. The van der Waals surface area contributed by atoms with E-state index < -0.39 is 11.9 Å². The second-order valence-corrected chi connectivity index (χ2v) is 5.24. The van der Waals surface area contributed by atoms with Crippen LogP contribution in [0.1, 0.15) is 15.9 Å². The number of anilines is 1. The molecule has 132 valence electrons. The van der Waals surface area contributed by atoms with Gasteiger partial charge in [-0.1, -0.05) is 12.1 Å². The summed E-state index contributed by atoms with van der Waals surface area (Å²) in [7, 11) is 1.31. The summed E-state index contributed by atoms with van der Waals surface area (Å²) in [6.07, 6.45) is 1.32. The first-order chi connectivity index (χ1) is 12.5. The summed E-state index contributed by atoms with van der Waals surface area (Å²) in [6, 6.07) is 14.5. The van der Waals surface area contributed by atoms with Gasteiger partial charge in [0.15, 0.2) is 0 Å². The van der Waals surface area contributed by atoms with Crippen LogP contribution in [0.5, 0.6) is 5.75 Å². The number of nitrogens with one attached hydrogen (secondary N) is 2. The molecule has 0 spiro atoms. The van der Waals surface area contributed by atoms with Crippen molar-refractivity contribution in [3.05, 3.63) is 71.4 Å². The Bertz CT molecular complexity index is 850. The van der Waals surface area contributed by atoms with Crippen molar-refractivity contribution in [1.29, 1.82) is 5.26 Å². The Hall–Kier alpha value is -3.79. The predicted octanol–water partition coefficient (Wildman–Crippen LogP) is 2.31. The maximum absolute atomic E-state index is 12.1. The minimum absolute atomic E-state index is 0.0823. The Labute approximate surface area is 150 Å². The van der Waals surface area contributed by atoms with Crippen molar-refractivity contribution in [2.75, 3.05) is 12.4 Å². The first kappa shape index (κ1) is 18.5. The fraction of sp³-hybridized carbons (Fsp3) is 0.105. The molecule has 0 aliphatic rings. The lowest BCUT2D eigenvalue weighted by Gasteiger charge is -2.06. The Kier molecular flexibility index (Phi) is 6.34. The highest BCUT2D eigenvalue weighted by Crippen LogP contribution is 2.14. The number of phenolic OH excluding ortho intramolecular Hbond substituents is 1. The van der Waals surface area contributed by atoms with Gasteiger partial charge in [0.25, 0.3) is 5.91 Å². The van der Waals surface area contributed by atoms with Gasteiger partial charge in [-0.15, -0.1) is 0 Å². The summed E-state index contributed by atoms with van der Waals surface area (Å²) in [5.41, 5.74) is 1.68. The minimum atomic E-state index is -0.563. The van der Waals surface area contributed by atoms with Gasteiger partial charge < -0.3 is 20.5 Å². The zero-order valence-electron chi connectivity index (χ0n) is 14.0. The summed E-state index contributed by atoms with van der Waals surface area (Å²) in [5, 5.41) is 23.8. The van der Waals surface area contributed by atoms with Crippen molar-refractivity contribution in [2.45, 2.75) is 6.54 Å². The van der Waals surface area contributed by atoms with E-state index in [4.69, 9.17) is 5.26 Å². The molecule has 2 rings (SSSR count). The first-order valence-electron chi connectivity index (χ1n) is 7.65. The lowest BCUT2D eigenvalue weighted by atomic mass is 10.1. The number of ether oxygens (including phenoxy) is 1. The molecule has 7 heteroatoms. The molecule has 2 aromatic carbocycles. The average Bonchev–Trinajstić information content (AvgIpc) is 2.66. The number of aromatic hydroxyl groups is 1. The molecule has 0 fully saturated rings. The average molecular weight is 351 g/mol. The quantitative estimate of drug-likeness (QED) is 0.319. The minimum Gasteiger partial charge on any atom is -0.508 e. The molecular weight excluding hydrogens is 334 g/mol. The molecule has 0 aliphatic heterocycles. The van der Waals surface area contributed by atoms with Gasteiger partial charge in [0.05, 0.1) is 12.7 Å². The van der Waals surface area contributed by atoms with E-state index in [9.17, 15) is 14.7 Å². The topological polar surface area (TPSA) is 111 Å². The molecule has 0 atom stereocenters. The Morgan fingerprint density at radius 1 is 1.15 bits per heavy atom. The van der Waals surface area contributed by atoms with Crippen molar-refractivity contribution in [2.24, 2.45) is 0 Å². The van der Waals surface area contributed by atoms with Crippen LogP contribution in [0, 0.1) is 11.3 Å². The van der Waals surface area contributed by atoms with E-state index in [-0.39, 0.29) is 11.3 Å². The number of carbonyl (C=O) groups is 2. The van der Waals surface area contributed by atoms with Gasteiger partial charge >= 0.3 is 5.97 Å². The number of rotatable bonds is 6. The third-order valence-corrected chi connectivity index (χ3v) is 3.42. The highest BCUT2D eigenvalue weighted by Gasteiger charge is 2.09. The number of benzene rings is 2. The third kappa shape index (κ3) is 5.11. The largest absolute Gasteiger partial charge is 0.508 e. The van der Waals surface area contributed by atoms with Crippen LogP contribution in [-0.4, -0.2) is 24.1 Å². The van der Waals surface area contributed by atoms with E-state index >= 15 is 0 Å². The fourth-order valence-electron chi connectivity index (χ4n) is 2.04. The number of nitriles is 1. The molecule has 0 bridgehead atoms. The monoisotopic (exact) mass is 351 g/mol. The maximum Gasteiger partial charge on any atom is 0.337 e. The SMILES string of the molecule is COC(=O)c1ccc(CN/C=C(/C#N)C(=O)Nc2ccc(O)cc2)cc1. The van der Waals surface area contributed by atoms with Gasteiger partial charge in [0, 0.05) is 18.4 Å². The molecule has 0 radical (unpaired) electrons. The lowest BCUT2D eigenvalue weighted by molar-refractivity contribution is -0.112. The van der Waals surface area contributed by atoms with Crippen LogP contribution in [0.4, 0.5) is 5.69 Å². The fourth-order valence-corrected chi connectivity index (χ4v) is 2.04. The second kappa shape index (κ2) is 8.89. The van der Waals surface area contributed by atoms with Crippen molar-refractivity contribution in [3.8, 4) is 11.8 Å². The molecule has 2 aromatic rings. The molecule has 0 aromatic heterocycles. The van der Waals surface area contributed by atoms with Gasteiger partial charge in [-0.2, -0.15) is 5.26 Å². The molecular formula is C19H17N3O4. The number of hydrogen-bond acceptors (Lipinski definition) is 6. The van der Waals surface area contributed by atoms with Crippen molar-refractivity contribution >= 4 is 17.6 Å². The zero-order chi connectivity index (χ0) is 18.9. The summed E-state index contributed by atoms with van der Waals surface area (Å²) in [4.78, 5) is 23.4. The van der Waals surface area contributed by atoms with Gasteiger partial charge in [-0.25, -0.2) is 4.79 Å². The first-order valence-corrected chi connectivity index (χ1v) is 7.65. The van der Waals surface area contributed by atoms with Crippen molar-refractivity contribution in [3.63, 3.8) is 0 Å². The number of esters is 1. The Morgan fingerprint density at radius 3 is 2.38 bits per heavy atom. The van der Waals surface area contributed by atoms with Crippen LogP contribution in [0.15, 0.2) is 60.3 Å². The smallest absolute Gasteiger partial charge is 0.337 e. The van der Waals surface area contributed by atoms with E-state index in [2.05, 4.69) is 15.4 Å². The summed E-state index contributed by atoms with van der Waals surface area (Å²) in [5.74, 6) is -0.896. The summed E-state index contributed by atoms with van der Waals surface area (Å²) < 4.78 is 4.63. The van der Waals surface area contributed by atoms with Crippen LogP contribution in [0.25, 0.3) is 0 Å². The van der Waals surface area contributed by atoms with Crippen LogP contribution in [0.3, 0.4) is 0 Å². The summed E-state index contributed by atoms with van der Waals surface area (Å²) in [6.45, 7) is 0.374. The maximum atomic E-state index is 12.1. The van der Waals surface area contributed by atoms with Crippen LogP contribution in [-0.2, 0) is 16.1 Å². The van der Waals surface area contributed by atoms with E-state index in [1.807, 2.05) is 6.07 Å². The number of phenols is 1. The van der Waals surface area contributed by atoms with E-state index in [0.717, 1.165) is 5.56 Å². The standard InChI is InChI=1S/C19H17N3O4/c1-26-19(25)14-4-2-13(3-5-14)11-21-12-15(10-20)18(24)22-16-6-8-17(23)9-7-16/h2-9,12,21,23H,11H2,1H3,(H,22,24)/b15-12-. The Balaban J connectivity index is 1.94. The van der Waals surface area contributed by atoms with Crippen molar-refractivity contribution < 1.29 is 19.4 Å². The molecule has 3 N–H and O–H groups in total. The normalized spacial score (nSPS) is 10.5. The number of methoxy groups -OCH3 is 1. The zero-order valence-corrected chi connectivity index (χ0v) is 14.0. The van der Waals surface area contributed by atoms with Gasteiger partial charge in [-0.3, -0.25) is 4.79 Å². The third-order valence-electron chi connectivity index (χ3n) is 3.42. The second-order valence-electron chi connectivity index (χ2n) is 5.24.